The monoisotopic (exact) mass is 254 g/mol. The minimum atomic E-state index is 0.198. The van der Waals surface area contributed by atoms with Gasteiger partial charge in [0.15, 0.2) is 5.78 Å². The molecule has 0 aromatic heterocycles. The highest BCUT2D eigenvalue weighted by Crippen LogP contribution is 2.41. The van der Waals surface area contributed by atoms with E-state index in [1.165, 1.54) is 0 Å². The quantitative estimate of drug-likeness (QED) is 0.674. The summed E-state index contributed by atoms with van der Waals surface area (Å²) in [6.07, 6.45) is 2.67. The van der Waals surface area contributed by atoms with Crippen molar-refractivity contribution in [2.45, 2.75) is 42.8 Å². The molecule has 0 saturated carbocycles. The third-order valence-electron chi connectivity index (χ3n) is 2.81. The first-order valence-electron chi connectivity index (χ1n) is 5.50. The molecule has 0 unspecified atom stereocenters. The standard InChI is InChI=1S/C13H15ClOS/c1-13(2)7-3-4-11(15)10-8-9(14)5-6-12(10)16-13/h5-6,8H,3-4,7H2,1-2H3. The van der Waals surface area contributed by atoms with Gasteiger partial charge in [0.05, 0.1) is 0 Å². The molecule has 1 aliphatic rings. The summed E-state index contributed by atoms with van der Waals surface area (Å²) in [5.74, 6) is 0.223. The van der Waals surface area contributed by atoms with E-state index >= 15 is 0 Å². The Morgan fingerprint density at radius 1 is 1.38 bits per heavy atom. The molecule has 0 fully saturated rings. The third kappa shape index (κ3) is 2.61. The molecule has 86 valence electrons. The molecular formula is C13H15ClOS. The molecule has 0 aliphatic carbocycles. The van der Waals surface area contributed by atoms with Crippen LogP contribution in [0.1, 0.15) is 43.5 Å². The number of halogens is 1. The normalized spacial score (nSPS) is 19.8. The van der Waals surface area contributed by atoms with E-state index in [9.17, 15) is 4.79 Å². The van der Waals surface area contributed by atoms with E-state index in [1.54, 1.807) is 17.8 Å². The molecule has 2 rings (SSSR count). The van der Waals surface area contributed by atoms with Crippen LogP contribution in [0.4, 0.5) is 0 Å². The van der Waals surface area contributed by atoms with Crippen molar-refractivity contribution in [2.75, 3.05) is 0 Å². The molecule has 0 saturated heterocycles. The van der Waals surface area contributed by atoms with Crippen molar-refractivity contribution in [1.82, 2.24) is 0 Å². The van der Waals surface area contributed by atoms with Gasteiger partial charge in [-0.05, 0) is 31.0 Å². The number of hydrogen-bond donors (Lipinski definition) is 0. The molecule has 3 heteroatoms. The van der Waals surface area contributed by atoms with Gasteiger partial charge in [-0.1, -0.05) is 25.4 Å². The van der Waals surface area contributed by atoms with Crippen LogP contribution in [0.25, 0.3) is 0 Å². The van der Waals surface area contributed by atoms with Gasteiger partial charge in [0, 0.05) is 26.6 Å². The second-order valence-corrected chi connectivity index (χ2v) is 6.96. The van der Waals surface area contributed by atoms with Crippen LogP contribution in [-0.2, 0) is 0 Å². The molecule has 1 heterocycles. The minimum absolute atomic E-state index is 0.198. The van der Waals surface area contributed by atoms with E-state index in [2.05, 4.69) is 13.8 Å². The Kier molecular flexibility index (Phi) is 3.32. The fourth-order valence-corrected chi connectivity index (χ4v) is 3.40. The third-order valence-corrected chi connectivity index (χ3v) is 4.38. The number of carbonyl (C=O) groups is 1. The first kappa shape index (κ1) is 12.0. The first-order chi connectivity index (χ1) is 7.48. The molecule has 1 aliphatic heterocycles. The van der Waals surface area contributed by atoms with Crippen LogP contribution in [0.3, 0.4) is 0 Å². The predicted octanol–water partition coefficient (Wildman–Crippen LogP) is 4.58. The van der Waals surface area contributed by atoms with Crippen molar-refractivity contribution in [3.05, 3.63) is 28.8 Å². The van der Waals surface area contributed by atoms with Crippen LogP contribution >= 0.6 is 23.4 Å². The Morgan fingerprint density at radius 2 is 2.12 bits per heavy atom. The van der Waals surface area contributed by atoms with Gasteiger partial charge in [-0.25, -0.2) is 0 Å². The summed E-state index contributed by atoms with van der Waals surface area (Å²) >= 11 is 7.73. The lowest BCUT2D eigenvalue weighted by atomic mass is 10.00. The van der Waals surface area contributed by atoms with Gasteiger partial charge in [-0.3, -0.25) is 4.79 Å². The molecule has 0 radical (unpaired) electrons. The lowest BCUT2D eigenvalue weighted by Crippen LogP contribution is -2.18. The van der Waals surface area contributed by atoms with Gasteiger partial charge in [-0.15, -0.1) is 11.8 Å². The summed E-state index contributed by atoms with van der Waals surface area (Å²) in [5, 5.41) is 0.645. The molecule has 0 N–H and O–H groups in total. The Bertz CT molecular complexity index is 426. The maximum Gasteiger partial charge on any atom is 0.164 e. The summed E-state index contributed by atoms with van der Waals surface area (Å²) in [7, 11) is 0. The van der Waals surface area contributed by atoms with Crippen LogP contribution in [0.15, 0.2) is 23.1 Å². The van der Waals surface area contributed by atoms with Crippen molar-refractivity contribution >= 4 is 29.1 Å². The minimum Gasteiger partial charge on any atom is -0.294 e. The van der Waals surface area contributed by atoms with Crippen molar-refractivity contribution in [3.8, 4) is 0 Å². The second kappa shape index (κ2) is 4.42. The fraction of sp³-hybridized carbons (Fsp3) is 0.462. The highest BCUT2D eigenvalue weighted by atomic mass is 35.5. The number of ketones is 1. The molecule has 0 atom stereocenters. The lowest BCUT2D eigenvalue weighted by molar-refractivity contribution is 0.0975. The number of rotatable bonds is 0. The SMILES string of the molecule is CC1(C)CCCC(=O)c2cc(Cl)ccc2S1. The molecular weight excluding hydrogens is 240 g/mol. The highest BCUT2D eigenvalue weighted by molar-refractivity contribution is 8.00. The van der Waals surface area contributed by atoms with Crippen molar-refractivity contribution in [1.29, 1.82) is 0 Å². The molecule has 1 aromatic carbocycles. The van der Waals surface area contributed by atoms with Crippen molar-refractivity contribution < 1.29 is 4.79 Å². The van der Waals surface area contributed by atoms with E-state index in [-0.39, 0.29) is 10.5 Å². The Balaban J connectivity index is 2.45. The van der Waals surface area contributed by atoms with E-state index in [0.717, 1.165) is 23.3 Å². The molecule has 0 spiro atoms. The van der Waals surface area contributed by atoms with Crippen molar-refractivity contribution in [2.24, 2.45) is 0 Å². The number of hydrogen-bond acceptors (Lipinski definition) is 2. The summed E-state index contributed by atoms with van der Waals surface area (Å²) < 4.78 is 0.198. The smallest absolute Gasteiger partial charge is 0.164 e. The number of benzene rings is 1. The number of thioether (sulfide) groups is 1. The van der Waals surface area contributed by atoms with Gasteiger partial charge in [0.1, 0.15) is 0 Å². The van der Waals surface area contributed by atoms with Crippen LogP contribution in [0.5, 0.6) is 0 Å². The summed E-state index contributed by atoms with van der Waals surface area (Å²) in [6.45, 7) is 4.46. The predicted molar refractivity (Wildman–Crippen MR) is 69.6 cm³/mol. The van der Waals surface area contributed by atoms with Crippen LogP contribution in [-0.4, -0.2) is 10.5 Å². The summed E-state index contributed by atoms with van der Waals surface area (Å²) in [6, 6.07) is 5.62. The van der Waals surface area contributed by atoms with Gasteiger partial charge >= 0.3 is 0 Å². The van der Waals surface area contributed by atoms with E-state index in [1.807, 2.05) is 12.1 Å². The van der Waals surface area contributed by atoms with E-state index in [0.29, 0.717) is 11.4 Å². The molecule has 16 heavy (non-hydrogen) atoms. The fourth-order valence-electron chi connectivity index (χ4n) is 1.97. The van der Waals surface area contributed by atoms with E-state index < -0.39 is 0 Å². The van der Waals surface area contributed by atoms with Crippen molar-refractivity contribution in [3.63, 3.8) is 0 Å². The maximum absolute atomic E-state index is 11.9. The van der Waals surface area contributed by atoms with Gasteiger partial charge in [0.25, 0.3) is 0 Å². The zero-order chi connectivity index (χ0) is 11.8. The molecule has 0 bridgehead atoms. The van der Waals surface area contributed by atoms with Gasteiger partial charge < -0.3 is 0 Å². The average Bonchev–Trinajstić information content (AvgIpc) is 2.18. The number of carbonyl (C=O) groups excluding carboxylic acids is 1. The topological polar surface area (TPSA) is 17.1 Å². The number of fused-ring (bicyclic) bond motifs is 1. The largest absolute Gasteiger partial charge is 0.294 e. The van der Waals surface area contributed by atoms with Crippen LogP contribution in [0.2, 0.25) is 5.02 Å². The Morgan fingerprint density at radius 3 is 2.88 bits per heavy atom. The molecule has 1 nitrogen and oxygen atoms in total. The van der Waals surface area contributed by atoms with Gasteiger partial charge in [-0.2, -0.15) is 0 Å². The Hall–Kier alpha value is -0.470. The van der Waals surface area contributed by atoms with Gasteiger partial charge in [0.2, 0.25) is 0 Å². The molecule has 1 aromatic rings. The van der Waals surface area contributed by atoms with Crippen LogP contribution < -0.4 is 0 Å². The van der Waals surface area contributed by atoms with Crippen LogP contribution in [0, 0.1) is 0 Å². The summed E-state index contributed by atoms with van der Waals surface area (Å²) in [4.78, 5) is 13.0. The van der Waals surface area contributed by atoms with E-state index in [4.69, 9.17) is 11.6 Å². The molecule has 0 amide bonds. The Labute approximate surface area is 106 Å². The first-order valence-corrected chi connectivity index (χ1v) is 6.69. The maximum atomic E-state index is 11.9. The zero-order valence-corrected chi connectivity index (χ0v) is 11.1. The second-order valence-electron chi connectivity index (χ2n) is 4.78. The zero-order valence-electron chi connectivity index (χ0n) is 9.55. The number of Topliss-reactive ketones (excluding diaryl/α,β-unsaturated/α-hetero) is 1. The summed E-state index contributed by atoms with van der Waals surface area (Å²) in [5.41, 5.74) is 0.797. The lowest BCUT2D eigenvalue weighted by Gasteiger charge is -2.27. The highest BCUT2D eigenvalue weighted by Gasteiger charge is 2.25. The average molecular weight is 255 g/mol.